The summed E-state index contributed by atoms with van der Waals surface area (Å²) in [7, 11) is 0. The molecule has 0 heterocycles. The van der Waals surface area contributed by atoms with Crippen molar-refractivity contribution < 1.29 is 39.3 Å². The number of carboxylic acid groups (broad SMARTS) is 2. The molecule has 144 valence electrons. The average Bonchev–Trinajstić information content (AvgIpc) is 2.55. The van der Waals surface area contributed by atoms with E-state index >= 15 is 0 Å². The molecule has 6 nitrogen and oxygen atoms in total. The molecule has 2 unspecified atom stereocenters. The Balaban J connectivity index is -0.000000372. The van der Waals surface area contributed by atoms with Crippen LogP contribution in [0.1, 0.15) is 79.1 Å². The van der Waals surface area contributed by atoms with E-state index in [0.717, 1.165) is 25.7 Å². The van der Waals surface area contributed by atoms with Crippen LogP contribution in [0.4, 0.5) is 9.59 Å². The summed E-state index contributed by atoms with van der Waals surface area (Å²) in [5, 5.41) is 24.8. The van der Waals surface area contributed by atoms with Crippen LogP contribution in [0.5, 0.6) is 0 Å². The molecule has 0 radical (unpaired) electrons. The van der Waals surface area contributed by atoms with Crippen molar-refractivity contribution in [3.63, 3.8) is 0 Å². The van der Waals surface area contributed by atoms with Gasteiger partial charge in [0.25, 0.3) is 0 Å². The first-order chi connectivity index (χ1) is 11.4. The maximum atomic E-state index is 10.1. The van der Waals surface area contributed by atoms with E-state index in [-0.39, 0.29) is 19.5 Å². The standard InChI is InChI=1S/2C9H19NO2.Zn/c2*1-3-5-6-8(4-2)7-10-9(11)12;/h2*8,10H,3-7H2,1-2H3,(H,11,12);/q;;+2/p-2. The molecule has 7 heteroatoms. The molecule has 0 aliphatic heterocycles. The topological polar surface area (TPSA) is 104 Å². The normalized spacial score (nSPS) is 12.0. The summed E-state index contributed by atoms with van der Waals surface area (Å²) in [6, 6.07) is 0. The van der Waals surface area contributed by atoms with Gasteiger partial charge in [-0.3, -0.25) is 0 Å². The molecular formula is C18H36N2O4Zn. The molecule has 0 fully saturated rings. The molecule has 0 aromatic rings. The van der Waals surface area contributed by atoms with Gasteiger partial charge >= 0.3 is 19.5 Å². The number of nitrogens with one attached hydrogen (secondary N) is 2. The van der Waals surface area contributed by atoms with Gasteiger partial charge in [-0.05, 0) is 24.7 Å². The van der Waals surface area contributed by atoms with E-state index in [1.165, 1.54) is 25.7 Å². The van der Waals surface area contributed by atoms with E-state index in [0.29, 0.717) is 24.9 Å². The van der Waals surface area contributed by atoms with Gasteiger partial charge in [0.15, 0.2) is 0 Å². The third kappa shape index (κ3) is 23.2. The number of hydrogen-bond acceptors (Lipinski definition) is 4. The molecule has 0 bridgehead atoms. The van der Waals surface area contributed by atoms with Gasteiger partial charge in [-0.15, -0.1) is 0 Å². The molecule has 2 N–H and O–H groups in total. The second-order valence-corrected chi connectivity index (χ2v) is 6.17. The second-order valence-electron chi connectivity index (χ2n) is 6.17. The van der Waals surface area contributed by atoms with Crippen molar-refractivity contribution in [3.8, 4) is 0 Å². The first kappa shape index (κ1) is 28.9. The fourth-order valence-electron chi connectivity index (χ4n) is 2.34. The monoisotopic (exact) mass is 408 g/mol. The van der Waals surface area contributed by atoms with Crippen LogP contribution in [-0.4, -0.2) is 25.3 Å². The zero-order valence-corrected chi connectivity index (χ0v) is 19.5. The van der Waals surface area contributed by atoms with E-state index in [2.05, 4.69) is 38.3 Å². The minimum Gasteiger partial charge on any atom is -0.530 e. The Bertz CT molecular complexity index is 287. The first-order valence-corrected chi connectivity index (χ1v) is 9.30. The maximum absolute atomic E-state index is 10.1. The number of carbonyl (C=O) groups excluding carboxylic acids is 2. The van der Waals surface area contributed by atoms with Crippen LogP contribution in [0.25, 0.3) is 0 Å². The van der Waals surface area contributed by atoms with Crippen LogP contribution in [0.3, 0.4) is 0 Å². The summed E-state index contributed by atoms with van der Waals surface area (Å²) >= 11 is 0. The SMILES string of the molecule is CCCCC(CC)CNC(=O)[O-].CCCCC(CC)CNC(=O)[O-].[Zn+2]. The zero-order valence-electron chi connectivity index (χ0n) is 16.6. The molecule has 0 rings (SSSR count). The Kier molecular flexibility index (Phi) is 24.6. The quantitative estimate of drug-likeness (QED) is 0.482. The van der Waals surface area contributed by atoms with E-state index < -0.39 is 12.2 Å². The smallest absolute Gasteiger partial charge is 0.530 e. The van der Waals surface area contributed by atoms with Gasteiger partial charge in [-0.2, -0.15) is 0 Å². The van der Waals surface area contributed by atoms with Gasteiger partial charge in [-0.1, -0.05) is 66.2 Å². The van der Waals surface area contributed by atoms with Crippen LogP contribution in [0.15, 0.2) is 0 Å². The van der Waals surface area contributed by atoms with Crippen molar-refractivity contribution in [1.82, 2.24) is 10.6 Å². The van der Waals surface area contributed by atoms with Crippen LogP contribution in [-0.2, 0) is 19.5 Å². The number of amides is 2. The van der Waals surface area contributed by atoms with Gasteiger partial charge in [0.1, 0.15) is 12.2 Å². The molecule has 2 atom stereocenters. The van der Waals surface area contributed by atoms with Crippen LogP contribution >= 0.6 is 0 Å². The van der Waals surface area contributed by atoms with Crippen LogP contribution in [0, 0.1) is 11.8 Å². The number of carbonyl (C=O) groups is 2. The summed E-state index contributed by atoms with van der Waals surface area (Å²) in [6.07, 6.45) is 6.63. The van der Waals surface area contributed by atoms with E-state index in [1.807, 2.05) is 0 Å². The predicted molar refractivity (Wildman–Crippen MR) is 93.4 cm³/mol. The minimum atomic E-state index is -1.16. The molecule has 0 saturated carbocycles. The van der Waals surface area contributed by atoms with E-state index in [9.17, 15) is 19.8 Å². The van der Waals surface area contributed by atoms with Crippen molar-refractivity contribution in [2.45, 2.75) is 79.1 Å². The predicted octanol–water partition coefficient (Wildman–Crippen LogP) is 2.27. The molecule has 0 spiro atoms. The van der Waals surface area contributed by atoms with Gasteiger partial charge in [-0.25, -0.2) is 0 Å². The Labute approximate surface area is 166 Å². The molecular weight excluding hydrogens is 374 g/mol. The summed E-state index contributed by atoms with van der Waals surface area (Å²) in [5.74, 6) is 0.950. The Morgan fingerprint density at radius 3 is 1.28 bits per heavy atom. The largest absolute Gasteiger partial charge is 2.00 e. The van der Waals surface area contributed by atoms with Crippen molar-refractivity contribution in [2.75, 3.05) is 13.1 Å². The Morgan fingerprint density at radius 1 is 0.760 bits per heavy atom. The summed E-state index contributed by atoms with van der Waals surface area (Å²) in [4.78, 5) is 20.1. The van der Waals surface area contributed by atoms with E-state index in [4.69, 9.17) is 0 Å². The molecule has 0 aliphatic carbocycles. The molecule has 0 saturated heterocycles. The van der Waals surface area contributed by atoms with Gasteiger partial charge in [0.05, 0.1) is 0 Å². The zero-order chi connectivity index (χ0) is 18.8. The van der Waals surface area contributed by atoms with Gasteiger partial charge < -0.3 is 30.4 Å². The number of rotatable bonds is 12. The third-order valence-corrected chi connectivity index (χ3v) is 4.16. The summed E-state index contributed by atoms with van der Waals surface area (Å²) in [5.41, 5.74) is 0. The minimum absolute atomic E-state index is 0. The number of unbranched alkanes of at least 4 members (excludes halogenated alkanes) is 2. The van der Waals surface area contributed by atoms with Crippen molar-refractivity contribution in [1.29, 1.82) is 0 Å². The Hall–Kier alpha value is -0.837. The maximum Gasteiger partial charge on any atom is 2.00 e. The third-order valence-electron chi connectivity index (χ3n) is 4.16. The fourth-order valence-corrected chi connectivity index (χ4v) is 2.34. The summed E-state index contributed by atoms with van der Waals surface area (Å²) < 4.78 is 0. The van der Waals surface area contributed by atoms with Gasteiger partial charge in [0, 0.05) is 13.1 Å². The number of hydrogen-bond donors (Lipinski definition) is 2. The van der Waals surface area contributed by atoms with Crippen molar-refractivity contribution in [2.24, 2.45) is 11.8 Å². The van der Waals surface area contributed by atoms with Gasteiger partial charge in [0.2, 0.25) is 0 Å². The summed E-state index contributed by atoms with van der Waals surface area (Å²) in [6.45, 7) is 9.52. The van der Waals surface area contributed by atoms with Crippen molar-refractivity contribution in [3.05, 3.63) is 0 Å². The second kappa shape index (κ2) is 21.2. The average molecular weight is 410 g/mol. The van der Waals surface area contributed by atoms with E-state index in [1.54, 1.807) is 0 Å². The fraction of sp³-hybridized carbons (Fsp3) is 0.889. The van der Waals surface area contributed by atoms with Crippen molar-refractivity contribution >= 4 is 12.2 Å². The molecule has 0 aliphatic rings. The molecule has 0 aromatic heterocycles. The first-order valence-electron chi connectivity index (χ1n) is 9.30. The molecule has 0 aromatic carbocycles. The van der Waals surface area contributed by atoms with Crippen LogP contribution < -0.4 is 20.8 Å². The van der Waals surface area contributed by atoms with Crippen LogP contribution in [0.2, 0.25) is 0 Å². The molecule has 25 heavy (non-hydrogen) atoms. The Morgan fingerprint density at radius 2 is 1.08 bits per heavy atom. The molecule has 2 amide bonds.